The SMILES string of the molecule is COc1ccccc1OCCNC(=O)[C@@H]1CN(S(=O)(=O)Cc2ccccc2)c2ccccc2O1. The largest absolute Gasteiger partial charge is 0.493 e. The molecule has 0 radical (unpaired) electrons. The molecule has 0 aliphatic carbocycles. The molecular weight excluding hydrogens is 456 g/mol. The summed E-state index contributed by atoms with van der Waals surface area (Å²) in [7, 11) is -2.19. The van der Waals surface area contributed by atoms with Crippen LogP contribution in [0.15, 0.2) is 78.9 Å². The summed E-state index contributed by atoms with van der Waals surface area (Å²) >= 11 is 0. The quantitative estimate of drug-likeness (QED) is 0.472. The molecule has 178 valence electrons. The number of sulfonamides is 1. The number of fused-ring (bicyclic) bond motifs is 1. The highest BCUT2D eigenvalue weighted by Crippen LogP contribution is 2.35. The number of carbonyl (C=O) groups is 1. The van der Waals surface area contributed by atoms with Crippen molar-refractivity contribution in [1.29, 1.82) is 0 Å². The lowest BCUT2D eigenvalue weighted by Crippen LogP contribution is -2.51. The Labute approximate surface area is 199 Å². The van der Waals surface area contributed by atoms with Crippen molar-refractivity contribution in [3.63, 3.8) is 0 Å². The van der Waals surface area contributed by atoms with E-state index < -0.39 is 22.0 Å². The van der Waals surface area contributed by atoms with E-state index in [2.05, 4.69) is 5.32 Å². The predicted molar refractivity (Wildman–Crippen MR) is 129 cm³/mol. The summed E-state index contributed by atoms with van der Waals surface area (Å²) in [5.41, 5.74) is 1.09. The third kappa shape index (κ3) is 5.43. The van der Waals surface area contributed by atoms with Gasteiger partial charge in [-0.1, -0.05) is 54.6 Å². The van der Waals surface area contributed by atoms with Gasteiger partial charge >= 0.3 is 0 Å². The maximum Gasteiger partial charge on any atom is 0.263 e. The Bertz CT molecular complexity index is 1230. The first-order chi connectivity index (χ1) is 16.5. The van der Waals surface area contributed by atoms with Crippen LogP contribution in [0.3, 0.4) is 0 Å². The van der Waals surface area contributed by atoms with Gasteiger partial charge in [0.1, 0.15) is 12.4 Å². The van der Waals surface area contributed by atoms with Gasteiger partial charge in [0.15, 0.2) is 17.6 Å². The van der Waals surface area contributed by atoms with Gasteiger partial charge in [-0.3, -0.25) is 9.10 Å². The molecule has 0 fully saturated rings. The van der Waals surface area contributed by atoms with Crippen molar-refractivity contribution in [2.45, 2.75) is 11.9 Å². The third-order valence-corrected chi connectivity index (χ3v) is 7.00. The first kappa shape index (κ1) is 23.4. The molecule has 8 nitrogen and oxygen atoms in total. The minimum atomic E-state index is -3.75. The minimum absolute atomic E-state index is 0.120. The number of amides is 1. The van der Waals surface area contributed by atoms with Crippen LogP contribution in [0.25, 0.3) is 0 Å². The molecule has 1 aliphatic heterocycles. The zero-order chi connectivity index (χ0) is 24.0. The molecule has 4 rings (SSSR count). The normalized spacial score (nSPS) is 15.1. The predicted octanol–water partition coefficient (Wildman–Crippen LogP) is 2.99. The molecule has 0 spiro atoms. The third-order valence-electron chi connectivity index (χ3n) is 5.28. The fourth-order valence-corrected chi connectivity index (χ4v) is 5.23. The smallest absolute Gasteiger partial charge is 0.263 e. The molecule has 1 atom stereocenters. The monoisotopic (exact) mass is 482 g/mol. The number of methoxy groups -OCH3 is 1. The number of rotatable bonds is 9. The lowest BCUT2D eigenvalue weighted by Gasteiger charge is -2.34. The maximum absolute atomic E-state index is 13.3. The van der Waals surface area contributed by atoms with Crippen LogP contribution >= 0.6 is 0 Å². The molecule has 0 bridgehead atoms. The van der Waals surface area contributed by atoms with Crippen LogP contribution in [0.1, 0.15) is 5.56 Å². The van der Waals surface area contributed by atoms with Gasteiger partial charge in [0, 0.05) is 0 Å². The van der Waals surface area contributed by atoms with Gasteiger partial charge in [0.05, 0.1) is 31.6 Å². The van der Waals surface area contributed by atoms with E-state index in [4.69, 9.17) is 14.2 Å². The number of anilines is 1. The minimum Gasteiger partial charge on any atom is -0.493 e. The molecule has 3 aromatic rings. The van der Waals surface area contributed by atoms with E-state index >= 15 is 0 Å². The summed E-state index contributed by atoms with van der Waals surface area (Å²) in [6, 6.07) is 23.0. The Hall–Kier alpha value is -3.72. The van der Waals surface area contributed by atoms with Gasteiger partial charge in [-0.15, -0.1) is 0 Å². The molecule has 34 heavy (non-hydrogen) atoms. The number of carbonyl (C=O) groups excluding carboxylic acids is 1. The molecule has 0 saturated heterocycles. The average Bonchev–Trinajstić information content (AvgIpc) is 2.86. The molecular formula is C25H26N2O6S. The van der Waals surface area contributed by atoms with E-state index in [0.29, 0.717) is 28.5 Å². The molecule has 1 N–H and O–H groups in total. The summed E-state index contributed by atoms with van der Waals surface area (Å²) in [6.45, 7) is 0.311. The highest BCUT2D eigenvalue weighted by molar-refractivity contribution is 7.92. The van der Waals surface area contributed by atoms with Gasteiger partial charge in [-0.25, -0.2) is 8.42 Å². The highest BCUT2D eigenvalue weighted by Gasteiger charge is 2.36. The second-order valence-electron chi connectivity index (χ2n) is 7.64. The number of para-hydroxylation sites is 4. The van der Waals surface area contributed by atoms with Gasteiger partial charge in [0.2, 0.25) is 10.0 Å². The van der Waals surface area contributed by atoms with Crippen molar-refractivity contribution in [2.75, 3.05) is 31.1 Å². The first-order valence-electron chi connectivity index (χ1n) is 10.8. The lowest BCUT2D eigenvalue weighted by atomic mass is 10.2. The summed E-state index contributed by atoms with van der Waals surface area (Å²) in [6.07, 6.45) is -0.994. The van der Waals surface area contributed by atoms with Crippen LogP contribution < -0.4 is 23.8 Å². The van der Waals surface area contributed by atoms with Crippen LogP contribution in [0, 0.1) is 0 Å². The topological polar surface area (TPSA) is 94.2 Å². The Kier molecular flexibility index (Phi) is 7.22. The molecule has 0 unspecified atom stereocenters. The number of nitrogens with zero attached hydrogens (tertiary/aromatic N) is 1. The second kappa shape index (κ2) is 10.5. The zero-order valence-corrected chi connectivity index (χ0v) is 19.5. The van der Waals surface area contributed by atoms with Crippen molar-refractivity contribution in [1.82, 2.24) is 5.32 Å². The molecule has 0 aromatic heterocycles. The number of nitrogens with one attached hydrogen (secondary N) is 1. The molecule has 1 aliphatic rings. The second-order valence-corrected chi connectivity index (χ2v) is 9.53. The Morgan fingerprint density at radius 2 is 1.68 bits per heavy atom. The van der Waals surface area contributed by atoms with E-state index in [0.717, 1.165) is 0 Å². The standard InChI is InChI=1S/C25H26N2O6S/c1-31-22-13-7-8-14-23(22)32-16-15-26-25(28)24-17-27(20-11-5-6-12-21(20)33-24)34(29,30)18-19-9-3-2-4-10-19/h2-14,24H,15-18H2,1H3,(H,26,28)/t24-/m0/s1. The highest BCUT2D eigenvalue weighted by atomic mass is 32.2. The van der Waals surface area contributed by atoms with Crippen LogP contribution in [0.2, 0.25) is 0 Å². The zero-order valence-electron chi connectivity index (χ0n) is 18.7. The summed E-state index contributed by atoms with van der Waals surface area (Å²) in [5.74, 6) is 0.915. The Balaban J connectivity index is 1.42. The van der Waals surface area contributed by atoms with Gasteiger partial charge in [-0.2, -0.15) is 0 Å². The van der Waals surface area contributed by atoms with Crippen LogP contribution in [0.4, 0.5) is 5.69 Å². The van der Waals surface area contributed by atoms with Crippen LogP contribution in [-0.4, -0.2) is 47.2 Å². The van der Waals surface area contributed by atoms with Crippen LogP contribution in [-0.2, 0) is 20.6 Å². The van der Waals surface area contributed by atoms with Crippen molar-refractivity contribution >= 4 is 21.6 Å². The van der Waals surface area contributed by atoms with Crippen molar-refractivity contribution in [2.24, 2.45) is 0 Å². The van der Waals surface area contributed by atoms with Crippen molar-refractivity contribution < 1.29 is 27.4 Å². The molecule has 1 heterocycles. The van der Waals surface area contributed by atoms with Crippen LogP contribution in [0.5, 0.6) is 17.2 Å². The van der Waals surface area contributed by atoms with E-state index in [1.165, 1.54) is 4.31 Å². The Morgan fingerprint density at radius 3 is 2.44 bits per heavy atom. The van der Waals surface area contributed by atoms with E-state index in [1.807, 2.05) is 18.2 Å². The number of benzene rings is 3. The fourth-order valence-electron chi connectivity index (χ4n) is 3.65. The maximum atomic E-state index is 13.3. The molecule has 1 amide bonds. The van der Waals surface area contributed by atoms with E-state index in [1.54, 1.807) is 67.8 Å². The van der Waals surface area contributed by atoms with Gasteiger partial charge < -0.3 is 19.5 Å². The van der Waals surface area contributed by atoms with Gasteiger partial charge in [-0.05, 0) is 29.8 Å². The molecule has 3 aromatic carbocycles. The van der Waals surface area contributed by atoms with Crippen molar-refractivity contribution in [3.05, 3.63) is 84.4 Å². The lowest BCUT2D eigenvalue weighted by molar-refractivity contribution is -0.127. The fraction of sp³-hybridized carbons (Fsp3) is 0.240. The summed E-state index contributed by atoms with van der Waals surface area (Å²) in [4.78, 5) is 12.8. The average molecular weight is 483 g/mol. The molecule has 0 saturated carbocycles. The Morgan fingerprint density at radius 1 is 1.00 bits per heavy atom. The number of hydrogen-bond donors (Lipinski definition) is 1. The number of hydrogen-bond acceptors (Lipinski definition) is 6. The summed E-state index contributed by atoms with van der Waals surface area (Å²) in [5, 5.41) is 2.76. The summed E-state index contributed by atoms with van der Waals surface area (Å²) < 4.78 is 44.6. The number of ether oxygens (including phenoxy) is 3. The first-order valence-corrected chi connectivity index (χ1v) is 12.4. The van der Waals surface area contributed by atoms with E-state index in [9.17, 15) is 13.2 Å². The van der Waals surface area contributed by atoms with Gasteiger partial charge in [0.25, 0.3) is 5.91 Å². The van der Waals surface area contributed by atoms with Crippen molar-refractivity contribution in [3.8, 4) is 17.2 Å². The van der Waals surface area contributed by atoms with E-state index in [-0.39, 0.29) is 25.4 Å². The molecule has 9 heteroatoms.